The van der Waals surface area contributed by atoms with Gasteiger partial charge in [-0.3, -0.25) is 0 Å². The Bertz CT molecular complexity index is 1060. The second-order valence-corrected chi connectivity index (χ2v) is 7.52. The molecule has 0 amide bonds. The first-order valence-corrected chi connectivity index (χ1v) is 10.0. The van der Waals surface area contributed by atoms with E-state index in [1.807, 2.05) is 13.0 Å². The number of hydrogen-bond acceptors (Lipinski definition) is 3. The van der Waals surface area contributed by atoms with Crippen molar-refractivity contribution >= 4 is 12.4 Å². The maximum absolute atomic E-state index is 5.16. The first-order valence-electron chi connectivity index (χ1n) is 10.0. The standard InChI is InChI=1S/C24H24N4.ClH.H2O/c1-16-26-22(19-12-14-25-15-13-19)24-23(27-16)20(17-8-4-2-5-9-17)21(28-24)18-10-6-3-7-11-18;;/h2-11,19,25H,12-15H2,1H3,(H,26,27);1H;1H2. The summed E-state index contributed by atoms with van der Waals surface area (Å²) in [6, 6.07) is 21.0. The number of aromatic amines is 1. The quantitative estimate of drug-likeness (QED) is 0.505. The van der Waals surface area contributed by atoms with Crippen LogP contribution in [0.2, 0.25) is 0 Å². The van der Waals surface area contributed by atoms with Gasteiger partial charge in [-0.1, -0.05) is 60.7 Å². The number of benzene rings is 2. The zero-order valence-electron chi connectivity index (χ0n) is 17.0. The summed E-state index contributed by atoms with van der Waals surface area (Å²) < 4.78 is 0. The van der Waals surface area contributed by atoms with E-state index in [4.69, 9.17) is 9.97 Å². The fraction of sp³-hybridized carbons (Fsp3) is 0.250. The van der Waals surface area contributed by atoms with Gasteiger partial charge in [0.05, 0.1) is 17.1 Å². The molecular weight excluding hydrogens is 396 g/mol. The summed E-state index contributed by atoms with van der Waals surface area (Å²) in [5.41, 5.74) is 7.79. The minimum Gasteiger partial charge on any atom is -0.412 e. The average Bonchev–Trinajstić information content (AvgIpc) is 3.14. The van der Waals surface area contributed by atoms with Crippen LogP contribution in [-0.4, -0.2) is 33.5 Å². The molecule has 6 heteroatoms. The molecule has 2 aromatic carbocycles. The van der Waals surface area contributed by atoms with Crippen molar-refractivity contribution in [1.29, 1.82) is 0 Å². The lowest BCUT2D eigenvalue weighted by Gasteiger charge is -2.24. The smallest absolute Gasteiger partial charge is 0.110 e. The van der Waals surface area contributed by atoms with Gasteiger partial charge in [0.2, 0.25) is 0 Å². The number of piperidine rings is 1. The molecule has 0 spiro atoms. The number of aryl methyl sites for hydroxylation is 1. The normalized spacial score (nSPS) is 14.2. The van der Waals surface area contributed by atoms with Crippen molar-refractivity contribution in [2.24, 2.45) is 0 Å². The topological polar surface area (TPSA) is 85.1 Å². The summed E-state index contributed by atoms with van der Waals surface area (Å²) in [6.45, 7) is 4.14. The average molecular weight is 423 g/mol. The molecule has 5 nitrogen and oxygen atoms in total. The van der Waals surface area contributed by atoms with Crippen LogP contribution in [0.4, 0.5) is 0 Å². The summed E-state index contributed by atoms with van der Waals surface area (Å²) in [5, 5.41) is 3.46. The second-order valence-electron chi connectivity index (χ2n) is 7.52. The zero-order valence-corrected chi connectivity index (χ0v) is 17.8. The number of hydrogen-bond donors (Lipinski definition) is 2. The Balaban J connectivity index is 0.00000128. The molecule has 1 saturated heterocycles. The number of fused-ring (bicyclic) bond motifs is 1. The molecule has 0 bridgehead atoms. The van der Waals surface area contributed by atoms with Gasteiger partial charge in [-0.2, -0.15) is 0 Å². The lowest BCUT2D eigenvalue weighted by Crippen LogP contribution is -2.27. The highest BCUT2D eigenvalue weighted by atomic mass is 35.5. The van der Waals surface area contributed by atoms with E-state index in [0.717, 1.165) is 60.1 Å². The number of aromatic nitrogens is 3. The van der Waals surface area contributed by atoms with Crippen LogP contribution in [-0.2, 0) is 0 Å². The fourth-order valence-electron chi connectivity index (χ4n) is 4.28. The van der Waals surface area contributed by atoms with E-state index in [0.29, 0.717) is 5.92 Å². The van der Waals surface area contributed by atoms with Gasteiger partial charge in [0.15, 0.2) is 0 Å². The molecule has 5 rings (SSSR count). The third kappa shape index (κ3) is 3.97. The second kappa shape index (κ2) is 9.39. The first kappa shape index (κ1) is 22.0. The largest absolute Gasteiger partial charge is 0.412 e. The van der Waals surface area contributed by atoms with Crippen LogP contribution in [0, 0.1) is 6.92 Å². The van der Waals surface area contributed by atoms with E-state index in [1.165, 1.54) is 11.1 Å². The Morgan fingerprint density at radius 1 is 0.800 bits per heavy atom. The number of halogens is 1. The highest BCUT2D eigenvalue weighted by Crippen LogP contribution is 2.43. The SMILES string of the molecule is Cc1nc(C2CCNCC2)c2nc(-c3ccccc3)c(-c3ccccc3)c-2[nH]1.Cl.O. The van der Waals surface area contributed by atoms with Gasteiger partial charge in [0.25, 0.3) is 0 Å². The third-order valence-corrected chi connectivity index (χ3v) is 5.62. The van der Waals surface area contributed by atoms with E-state index in [2.05, 4.69) is 64.9 Å². The van der Waals surface area contributed by atoms with Gasteiger partial charge < -0.3 is 15.8 Å². The number of rotatable bonds is 3. The molecule has 0 radical (unpaired) electrons. The molecule has 3 aliphatic rings. The highest BCUT2D eigenvalue weighted by Gasteiger charge is 2.29. The van der Waals surface area contributed by atoms with Crippen molar-refractivity contribution in [2.75, 3.05) is 13.1 Å². The van der Waals surface area contributed by atoms with Crippen molar-refractivity contribution < 1.29 is 5.48 Å². The fourth-order valence-corrected chi connectivity index (χ4v) is 4.28. The van der Waals surface area contributed by atoms with E-state index in [-0.39, 0.29) is 17.9 Å². The van der Waals surface area contributed by atoms with E-state index in [1.54, 1.807) is 0 Å². The van der Waals surface area contributed by atoms with Gasteiger partial charge in [-0.25, -0.2) is 9.97 Å². The van der Waals surface area contributed by atoms with Crippen LogP contribution in [0.5, 0.6) is 0 Å². The van der Waals surface area contributed by atoms with E-state index in [9.17, 15) is 0 Å². The van der Waals surface area contributed by atoms with Gasteiger partial charge in [0, 0.05) is 17.0 Å². The Kier molecular flexibility index (Phi) is 6.87. The zero-order chi connectivity index (χ0) is 18.9. The Labute approximate surface area is 183 Å². The maximum atomic E-state index is 5.16. The third-order valence-electron chi connectivity index (χ3n) is 5.62. The minimum atomic E-state index is 0. The monoisotopic (exact) mass is 422 g/mol. The highest BCUT2D eigenvalue weighted by molar-refractivity contribution is 5.94. The van der Waals surface area contributed by atoms with Crippen molar-refractivity contribution in [3.63, 3.8) is 0 Å². The van der Waals surface area contributed by atoms with Crippen LogP contribution in [0.25, 0.3) is 33.8 Å². The summed E-state index contributed by atoms with van der Waals surface area (Å²) in [4.78, 5) is 13.6. The van der Waals surface area contributed by atoms with Crippen molar-refractivity contribution in [3.05, 3.63) is 72.2 Å². The van der Waals surface area contributed by atoms with Gasteiger partial charge in [0.1, 0.15) is 11.5 Å². The van der Waals surface area contributed by atoms with Crippen LogP contribution >= 0.6 is 12.4 Å². The predicted octanol–water partition coefficient (Wildman–Crippen LogP) is 4.62. The van der Waals surface area contributed by atoms with Crippen molar-refractivity contribution in [2.45, 2.75) is 25.7 Å². The maximum Gasteiger partial charge on any atom is 0.110 e. The lowest BCUT2D eigenvalue weighted by molar-refractivity contribution is 0.452. The summed E-state index contributed by atoms with van der Waals surface area (Å²) in [5.74, 6) is 1.41. The Morgan fingerprint density at radius 2 is 1.40 bits per heavy atom. The van der Waals surface area contributed by atoms with Crippen LogP contribution < -0.4 is 5.32 Å². The predicted molar refractivity (Wildman–Crippen MR) is 124 cm³/mol. The molecule has 0 unspecified atom stereocenters. The van der Waals surface area contributed by atoms with Gasteiger partial charge >= 0.3 is 0 Å². The number of nitrogens with zero attached hydrogens (tertiary/aromatic N) is 2. The molecule has 0 aromatic heterocycles. The molecule has 3 aliphatic heterocycles. The van der Waals surface area contributed by atoms with Crippen molar-refractivity contribution in [3.8, 4) is 33.8 Å². The number of H-pyrrole nitrogens is 1. The van der Waals surface area contributed by atoms with Gasteiger partial charge in [-0.05, 0) is 38.4 Å². The summed E-state index contributed by atoms with van der Waals surface area (Å²) in [6.07, 6.45) is 2.22. The molecule has 1 fully saturated rings. The molecular formula is C24H27ClN4O. The Hall–Kier alpha value is -2.73. The number of nitrogens with one attached hydrogen (secondary N) is 2. The molecule has 4 N–H and O–H groups in total. The molecule has 0 aliphatic carbocycles. The summed E-state index contributed by atoms with van der Waals surface area (Å²) in [7, 11) is 0. The molecule has 156 valence electrons. The van der Waals surface area contributed by atoms with Crippen molar-refractivity contribution in [1.82, 2.24) is 20.3 Å². The molecule has 3 heterocycles. The lowest BCUT2D eigenvalue weighted by atomic mass is 9.91. The van der Waals surface area contributed by atoms with E-state index >= 15 is 0 Å². The van der Waals surface area contributed by atoms with Gasteiger partial charge in [-0.15, -0.1) is 12.4 Å². The molecule has 2 aromatic rings. The Morgan fingerprint density at radius 3 is 2.03 bits per heavy atom. The molecule has 0 atom stereocenters. The van der Waals surface area contributed by atoms with Crippen LogP contribution in [0.1, 0.15) is 30.3 Å². The summed E-state index contributed by atoms with van der Waals surface area (Å²) >= 11 is 0. The first-order chi connectivity index (χ1) is 13.8. The van der Waals surface area contributed by atoms with E-state index < -0.39 is 0 Å². The molecule has 0 saturated carbocycles. The van der Waals surface area contributed by atoms with Crippen LogP contribution in [0.3, 0.4) is 0 Å². The molecule has 30 heavy (non-hydrogen) atoms. The minimum absolute atomic E-state index is 0. The van der Waals surface area contributed by atoms with Crippen LogP contribution in [0.15, 0.2) is 60.7 Å².